The van der Waals surface area contributed by atoms with Crippen LogP contribution in [0, 0.1) is 0 Å². The quantitative estimate of drug-likeness (QED) is 0.233. The molecule has 0 saturated carbocycles. The Hall–Kier alpha value is -2.21. The van der Waals surface area contributed by atoms with E-state index in [2.05, 4.69) is 15.9 Å². The topological polar surface area (TPSA) is 54.0 Å². The van der Waals surface area contributed by atoms with Gasteiger partial charge in [0.05, 0.1) is 37.3 Å². The van der Waals surface area contributed by atoms with Crippen LogP contribution < -0.4 is 15.3 Å². The summed E-state index contributed by atoms with van der Waals surface area (Å²) >= 11 is 3.74. The molecule has 0 aliphatic carbocycles. The number of hydrogen-bond donors (Lipinski definition) is 0. The molecule has 0 fully saturated rings. The van der Waals surface area contributed by atoms with Gasteiger partial charge in [-0.15, -0.1) is 0 Å². The molecule has 5 nitrogen and oxygen atoms in total. The second kappa shape index (κ2) is 12.0. The average molecular weight is 543 g/mol. The molecule has 1 unspecified atom stereocenters. The third-order valence-corrected chi connectivity index (χ3v) is 10.3. The molecule has 0 bridgehead atoms. The summed E-state index contributed by atoms with van der Waals surface area (Å²) in [6.07, 6.45) is 0. The summed E-state index contributed by atoms with van der Waals surface area (Å²) in [4.78, 5) is 0. The van der Waals surface area contributed by atoms with Crippen LogP contribution >= 0.6 is 23.1 Å². The van der Waals surface area contributed by atoms with Gasteiger partial charge in [-0.25, -0.2) is 0 Å². The van der Waals surface area contributed by atoms with Gasteiger partial charge in [-0.05, 0) is 39.2 Å². The molecular formula is C27H28BrO5P. The van der Waals surface area contributed by atoms with Crippen LogP contribution in [-0.2, 0) is 18.8 Å². The maximum absolute atomic E-state index is 14.4. The van der Waals surface area contributed by atoms with Crippen molar-refractivity contribution >= 4 is 39.3 Å². The zero-order chi connectivity index (χ0) is 23.8. The summed E-state index contributed by atoms with van der Waals surface area (Å²) in [5.74, 6) is 0.762. The smallest absolute Gasteiger partial charge is 0.178 e. The lowest BCUT2D eigenvalue weighted by Crippen LogP contribution is -2.14. The Balaban J connectivity index is 1.43. The van der Waals surface area contributed by atoms with Gasteiger partial charge < -0.3 is 23.5 Å². The van der Waals surface area contributed by atoms with E-state index in [1.165, 1.54) is 0 Å². The van der Waals surface area contributed by atoms with Crippen LogP contribution in [0.1, 0.15) is 11.1 Å². The summed E-state index contributed by atoms with van der Waals surface area (Å²) in [7, 11) is -1.30. The zero-order valence-electron chi connectivity index (χ0n) is 19.1. The van der Waals surface area contributed by atoms with Gasteiger partial charge in [-0.1, -0.05) is 66.7 Å². The third-order valence-electron chi connectivity index (χ3n) is 5.56. The Bertz CT molecular complexity index is 1160. The van der Waals surface area contributed by atoms with Crippen molar-refractivity contribution in [3.05, 3.63) is 94.2 Å². The van der Waals surface area contributed by atoms with Gasteiger partial charge in [0.15, 0.2) is 7.14 Å². The largest absolute Gasteiger partial charge is 0.491 e. The van der Waals surface area contributed by atoms with Crippen LogP contribution in [-0.4, -0.2) is 46.8 Å². The molecule has 0 amide bonds. The number of methoxy groups -OCH3 is 1. The van der Waals surface area contributed by atoms with Gasteiger partial charge in [0.2, 0.25) is 0 Å². The molecule has 34 heavy (non-hydrogen) atoms. The van der Waals surface area contributed by atoms with E-state index >= 15 is 0 Å². The molecule has 0 spiro atoms. The van der Waals surface area contributed by atoms with Crippen molar-refractivity contribution < 1.29 is 23.5 Å². The second-order valence-electron chi connectivity index (χ2n) is 7.72. The van der Waals surface area contributed by atoms with Crippen LogP contribution in [0.2, 0.25) is 0 Å². The summed E-state index contributed by atoms with van der Waals surface area (Å²) in [6, 6.07) is 25.5. The fourth-order valence-corrected chi connectivity index (χ4v) is 8.22. The van der Waals surface area contributed by atoms with Crippen molar-refractivity contribution in [1.29, 1.82) is 0 Å². The van der Waals surface area contributed by atoms with Crippen LogP contribution in [0.15, 0.2) is 83.1 Å². The molecule has 3 aromatic carbocycles. The van der Waals surface area contributed by atoms with E-state index in [1.807, 2.05) is 78.9 Å². The number of rotatable bonds is 12. The minimum absolute atomic E-state index is 0.454. The first-order valence-electron chi connectivity index (χ1n) is 11.2. The lowest BCUT2D eigenvalue weighted by atomic mass is 10.00. The highest BCUT2D eigenvalue weighted by Gasteiger charge is 2.41. The first kappa shape index (κ1) is 24.9. The van der Waals surface area contributed by atoms with Crippen molar-refractivity contribution in [3.63, 3.8) is 0 Å². The predicted molar refractivity (Wildman–Crippen MR) is 140 cm³/mol. The Labute approximate surface area is 209 Å². The van der Waals surface area contributed by atoms with E-state index in [4.69, 9.17) is 18.9 Å². The van der Waals surface area contributed by atoms with E-state index in [0.29, 0.717) is 39.6 Å². The molecule has 3 aromatic rings. The molecule has 1 heterocycles. The summed E-state index contributed by atoms with van der Waals surface area (Å²) in [5, 5.41) is 1.69. The minimum atomic E-state index is -2.94. The Morgan fingerprint density at radius 3 is 2.06 bits per heavy atom. The van der Waals surface area contributed by atoms with E-state index < -0.39 is 7.14 Å². The molecule has 0 saturated heterocycles. The van der Waals surface area contributed by atoms with Crippen LogP contribution in [0.4, 0.5) is 0 Å². The van der Waals surface area contributed by atoms with Gasteiger partial charge in [0.1, 0.15) is 12.4 Å². The standard InChI is InChI=1S/C27H28BrO5P/c1-30-15-16-31-17-18-32-19-20-33-22-13-11-21(12-14-22)26-24-9-5-6-10-25(24)34(29,27(26)28)23-7-3-2-4-8-23/h2-14H,15-20H2,1H3. The van der Waals surface area contributed by atoms with E-state index in [-0.39, 0.29) is 0 Å². The van der Waals surface area contributed by atoms with Crippen molar-refractivity contribution in [2.75, 3.05) is 46.8 Å². The van der Waals surface area contributed by atoms with Gasteiger partial charge in [0.25, 0.3) is 0 Å². The second-order valence-corrected chi connectivity index (χ2v) is 11.8. The molecule has 178 valence electrons. The molecule has 1 atom stereocenters. The lowest BCUT2D eigenvalue weighted by Gasteiger charge is -2.14. The van der Waals surface area contributed by atoms with Crippen LogP contribution in [0.3, 0.4) is 0 Å². The van der Waals surface area contributed by atoms with Crippen molar-refractivity contribution in [3.8, 4) is 5.75 Å². The normalized spacial score (nSPS) is 17.1. The van der Waals surface area contributed by atoms with Gasteiger partial charge >= 0.3 is 0 Å². The van der Waals surface area contributed by atoms with Crippen LogP contribution in [0.5, 0.6) is 5.75 Å². The number of ether oxygens (including phenoxy) is 4. The monoisotopic (exact) mass is 542 g/mol. The molecule has 0 aromatic heterocycles. The summed E-state index contributed by atoms with van der Waals surface area (Å²) < 4.78 is 36.7. The maximum atomic E-state index is 14.4. The molecule has 1 aliphatic heterocycles. The Morgan fingerprint density at radius 2 is 1.35 bits per heavy atom. The summed E-state index contributed by atoms with van der Waals surface area (Å²) in [5.41, 5.74) is 2.95. The molecule has 0 N–H and O–H groups in total. The first-order chi connectivity index (χ1) is 16.7. The van der Waals surface area contributed by atoms with Gasteiger partial charge in [0, 0.05) is 23.3 Å². The SMILES string of the molecule is COCCOCCOCCOc1ccc(C2=C(Br)P(=O)(c3ccccc3)c3ccccc32)cc1. The lowest BCUT2D eigenvalue weighted by molar-refractivity contribution is 0.0180. The fraction of sp³-hybridized carbons (Fsp3) is 0.259. The van der Waals surface area contributed by atoms with Gasteiger partial charge in [-0.3, -0.25) is 0 Å². The van der Waals surface area contributed by atoms with Crippen molar-refractivity contribution in [2.24, 2.45) is 0 Å². The predicted octanol–water partition coefficient (Wildman–Crippen LogP) is 5.18. The molecule has 0 radical (unpaired) electrons. The molecule has 1 aliphatic rings. The Kier molecular flexibility index (Phi) is 8.76. The highest BCUT2D eigenvalue weighted by atomic mass is 79.9. The van der Waals surface area contributed by atoms with Crippen molar-refractivity contribution in [1.82, 2.24) is 0 Å². The van der Waals surface area contributed by atoms with Gasteiger partial charge in [-0.2, -0.15) is 0 Å². The highest BCUT2D eigenvalue weighted by molar-refractivity contribution is 9.13. The number of benzene rings is 3. The minimum Gasteiger partial charge on any atom is -0.491 e. The van der Waals surface area contributed by atoms with Crippen molar-refractivity contribution in [2.45, 2.75) is 0 Å². The fourth-order valence-electron chi connectivity index (χ4n) is 3.90. The highest BCUT2D eigenvalue weighted by Crippen LogP contribution is 2.63. The average Bonchev–Trinajstić information content (AvgIpc) is 3.11. The number of fused-ring (bicyclic) bond motifs is 1. The van der Waals surface area contributed by atoms with E-state index in [1.54, 1.807) is 7.11 Å². The number of hydrogen-bond acceptors (Lipinski definition) is 5. The maximum Gasteiger partial charge on any atom is 0.178 e. The first-order valence-corrected chi connectivity index (χ1v) is 13.7. The zero-order valence-corrected chi connectivity index (χ0v) is 21.6. The third kappa shape index (κ3) is 5.37. The number of halogens is 1. The Morgan fingerprint density at radius 1 is 0.735 bits per heavy atom. The summed E-state index contributed by atoms with van der Waals surface area (Å²) in [6.45, 7) is 3.16. The molecular weight excluding hydrogens is 515 g/mol. The van der Waals surface area contributed by atoms with E-state index in [9.17, 15) is 4.57 Å². The van der Waals surface area contributed by atoms with E-state index in [0.717, 1.165) is 37.3 Å². The molecule has 4 rings (SSSR count). The molecule has 7 heteroatoms. The van der Waals surface area contributed by atoms with Crippen LogP contribution in [0.25, 0.3) is 5.57 Å².